The van der Waals surface area contributed by atoms with E-state index >= 15 is 0 Å². The number of rotatable bonds is 6. The maximum absolute atomic E-state index is 12.9. The average molecular weight is 582 g/mol. The predicted octanol–water partition coefficient (Wildman–Crippen LogP) is 7.18. The van der Waals surface area contributed by atoms with E-state index in [2.05, 4.69) is 70.4 Å². The van der Waals surface area contributed by atoms with Crippen LogP contribution < -0.4 is 9.64 Å². The molecular formula is C30H33BrN2O3S. The van der Waals surface area contributed by atoms with Crippen molar-refractivity contribution in [1.82, 2.24) is 4.98 Å². The smallest absolute Gasteiger partial charge is 0.310 e. The van der Waals surface area contributed by atoms with Crippen LogP contribution in [0, 0.1) is 37.0 Å². The lowest BCUT2D eigenvalue weighted by atomic mass is 9.66. The molecule has 5 nitrogen and oxygen atoms in total. The van der Waals surface area contributed by atoms with E-state index in [0.29, 0.717) is 23.9 Å². The van der Waals surface area contributed by atoms with Crippen LogP contribution in [0.2, 0.25) is 0 Å². The van der Waals surface area contributed by atoms with Crippen molar-refractivity contribution in [3.05, 3.63) is 62.9 Å². The lowest BCUT2D eigenvalue weighted by Gasteiger charge is -2.38. The molecule has 2 aliphatic carbocycles. The molecule has 7 heteroatoms. The first kappa shape index (κ1) is 24.9. The van der Waals surface area contributed by atoms with Crippen LogP contribution in [0.25, 0.3) is 11.3 Å². The zero-order chi connectivity index (χ0) is 26.1. The number of anilines is 1. The largest absolute Gasteiger partial charge is 0.488 e. The fourth-order valence-electron chi connectivity index (χ4n) is 6.36. The van der Waals surface area contributed by atoms with E-state index in [1.165, 1.54) is 16.7 Å². The van der Waals surface area contributed by atoms with Crippen molar-refractivity contribution in [2.75, 3.05) is 18.0 Å². The number of aryl methyl sites for hydroxylation is 2. The average Bonchev–Trinajstić information content (AvgIpc) is 3.09. The second-order valence-electron chi connectivity index (χ2n) is 12.0. The van der Waals surface area contributed by atoms with Gasteiger partial charge in [-0.25, -0.2) is 4.98 Å². The van der Waals surface area contributed by atoms with E-state index in [-0.39, 0.29) is 11.9 Å². The normalized spacial score (nSPS) is 25.8. The maximum Gasteiger partial charge on any atom is 0.310 e. The molecule has 1 spiro atoms. The highest BCUT2D eigenvalue weighted by atomic mass is 79.9. The first-order chi connectivity index (χ1) is 17.5. The molecule has 2 saturated carbocycles. The van der Waals surface area contributed by atoms with Gasteiger partial charge in [0.25, 0.3) is 0 Å². The molecular weight excluding hydrogens is 548 g/mol. The summed E-state index contributed by atoms with van der Waals surface area (Å²) in [5.41, 5.74) is 5.37. The molecule has 0 bridgehead atoms. The lowest BCUT2D eigenvalue weighted by molar-refractivity contribution is -0.168. The van der Waals surface area contributed by atoms with Gasteiger partial charge in [0.2, 0.25) is 0 Å². The highest BCUT2D eigenvalue weighted by Crippen LogP contribution is 2.77. The summed E-state index contributed by atoms with van der Waals surface area (Å²) in [5.74, 6) is 1.74. The molecule has 1 aliphatic heterocycles. The first-order valence-corrected chi connectivity index (χ1v) is 14.6. The molecule has 37 heavy (non-hydrogen) atoms. The van der Waals surface area contributed by atoms with Gasteiger partial charge in [-0.05, 0) is 93.7 Å². The summed E-state index contributed by atoms with van der Waals surface area (Å²) in [6, 6.07) is 12.6. The van der Waals surface area contributed by atoms with E-state index in [0.717, 1.165) is 46.1 Å². The highest BCUT2D eigenvalue weighted by Gasteiger charge is 2.78. The second kappa shape index (κ2) is 8.84. The van der Waals surface area contributed by atoms with E-state index < -0.39 is 5.60 Å². The fraction of sp³-hybridized carbons (Fsp3) is 0.467. The third-order valence-electron chi connectivity index (χ3n) is 8.23. The van der Waals surface area contributed by atoms with Crippen LogP contribution in [-0.4, -0.2) is 29.6 Å². The van der Waals surface area contributed by atoms with E-state index in [9.17, 15) is 4.79 Å². The second-order valence-corrected chi connectivity index (χ2v) is 13.7. The summed E-state index contributed by atoms with van der Waals surface area (Å²) in [6.45, 7) is 12.4. The Balaban J connectivity index is 1.18. The molecule has 3 aliphatic rings. The Labute approximate surface area is 231 Å². The number of carbonyl (C=O) groups is 1. The van der Waals surface area contributed by atoms with Gasteiger partial charge in [-0.15, -0.1) is 11.3 Å². The Morgan fingerprint density at radius 2 is 2.00 bits per heavy atom. The molecule has 0 radical (unpaired) electrons. The molecule has 0 amide bonds. The summed E-state index contributed by atoms with van der Waals surface area (Å²) in [6.07, 6.45) is 1.14. The van der Waals surface area contributed by atoms with Crippen LogP contribution in [0.15, 0.2) is 46.3 Å². The third kappa shape index (κ3) is 4.48. The van der Waals surface area contributed by atoms with Gasteiger partial charge >= 0.3 is 5.97 Å². The van der Waals surface area contributed by atoms with Gasteiger partial charge in [-0.3, -0.25) is 4.79 Å². The molecule has 2 aromatic carbocycles. The van der Waals surface area contributed by atoms with Gasteiger partial charge in [0, 0.05) is 28.5 Å². The summed E-state index contributed by atoms with van der Waals surface area (Å²) >= 11 is 5.22. The molecule has 1 aromatic heterocycles. The zero-order valence-corrected chi connectivity index (χ0v) is 24.4. The zero-order valence-electron chi connectivity index (χ0n) is 22.0. The lowest BCUT2D eigenvalue weighted by Crippen LogP contribution is -2.45. The van der Waals surface area contributed by atoms with Crippen LogP contribution in [0.5, 0.6) is 5.75 Å². The van der Waals surface area contributed by atoms with Gasteiger partial charge in [0.15, 0.2) is 5.13 Å². The quantitative estimate of drug-likeness (QED) is 0.289. The Bertz CT molecular complexity index is 1380. The molecule has 4 unspecified atom stereocenters. The molecule has 3 aromatic rings. The summed E-state index contributed by atoms with van der Waals surface area (Å²) in [5, 5.41) is 3.17. The Morgan fingerprint density at radius 3 is 2.76 bits per heavy atom. The number of benzene rings is 2. The van der Waals surface area contributed by atoms with Crippen molar-refractivity contribution in [3.8, 4) is 17.0 Å². The number of halogens is 1. The first-order valence-electron chi connectivity index (χ1n) is 13.0. The van der Waals surface area contributed by atoms with Gasteiger partial charge < -0.3 is 14.4 Å². The van der Waals surface area contributed by atoms with Gasteiger partial charge in [-0.1, -0.05) is 33.6 Å². The number of carbonyl (C=O) groups excluding carboxylic acids is 1. The van der Waals surface area contributed by atoms with Crippen LogP contribution in [-0.2, 0) is 16.1 Å². The Kier molecular flexibility index (Phi) is 5.95. The summed E-state index contributed by atoms with van der Waals surface area (Å²) in [7, 11) is 0. The van der Waals surface area contributed by atoms with Crippen LogP contribution in [0.3, 0.4) is 0 Å². The topological polar surface area (TPSA) is 51.7 Å². The number of aromatic nitrogens is 1. The van der Waals surface area contributed by atoms with Crippen molar-refractivity contribution in [1.29, 1.82) is 0 Å². The third-order valence-corrected chi connectivity index (χ3v) is 9.62. The van der Waals surface area contributed by atoms with Crippen molar-refractivity contribution in [2.45, 2.75) is 53.2 Å². The molecule has 1 saturated heterocycles. The standard InChI is InChI=1S/C30H33BrN2O3S/c1-17-6-9-25(35-14-19-7-8-20(31)11-18(19)2)21(10-17)24-15-37-28(32-24)33-13-23-26(22-12-30(22,23)16-33)27(34)36-29(3,4)5/h6-11,15,22-23,26H,12-14,16H2,1-5H3. The maximum atomic E-state index is 12.9. The van der Waals surface area contributed by atoms with Gasteiger partial charge in [0.05, 0.1) is 11.6 Å². The van der Waals surface area contributed by atoms with Crippen molar-refractivity contribution < 1.29 is 14.3 Å². The molecule has 194 valence electrons. The van der Waals surface area contributed by atoms with E-state index in [1.54, 1.807) is 11.3 Å². The predicted molar refractivity (Wildman–Crippen MR) is 151 cm³/mol. The molecule has 2 heterocycles. The highest BCUT2D eigenvalue weighted by molar-refractivity contribution is 9.10. The van der Waals surface area contributed by atoms with Gasteiger partial charge in [-0.2, -0.15) is 0 Å². The van der Waals surface area contributed by atoms with E-state index in [1.807, 2.05) is 26.8 Å². The van der Waals surface area contributed by atoms with Crippen molar-refractivity contribution in [2.24, 2.45) is 23.2 Å². The molecule has 4 atom stereocenters. The Hall–Kier alpha value is -2.38. The molecule has 0 N–H and O–H groups in total. The molecule has 3 fully saturated rings. The summed E-state index contributed by atoms with van der Waals surface area (Å²) in [4.78, 5) is 20.3. The van der Waals surface area contributed by atoms with Crippen LogP contribution in [0.4, 0.5) is 5.13 Å². The van der Waals surface area contributed by atoms with E-state index in [4.69, 9.17) is 14.5 Å². The fourth-order valence-corrected chi connectivity index (χ4v) is 7.67. The molecule has 6 rings (SSSR count). The summed E-state index contributed by atoms with van der Waals surface area (Å²) < 4.78 is 13.1. The number of esters is 1. The Morgan fingerprint density at radius 1 is 1.19 bits per heavy atom. The number of nitrogens with zero attached hydrogens (tertiary/aromatic N) is 2. The SMILES string of the molecule is Cc1ccc(OCc2ccc(Br)cc2C)c(-c2csc(N3CC4C(C(=O)OC(C)(C)C)C5CC45C3)n2)c1. The minimum atomic E-state index is -0.434. The minimum Gasteiger partial charge on any atom is -0.488 e. The van der Waals surface area contributed by atoms with Crippen LogP contribution >= 0.6 is 27.3 Å². The number of hydrogen-bond acceptors (Lipinski definition) is 6. The van der Waals surface area contributed by atoms with Crippen molar-refractivity contribution >= 4 is 38.4 Å². The monoisotopic (exact) mass is 580 g/mol. The van der Waals surface area contributed by atoms with Gasteiger partial charge in [0.1, 0.15) is 18.0 Å². The minimum absolute atomic E-state index is 0.0140. The number of ether oxygens (including phenoxy) is 2. The van der Waals surface area contributed by atoms with Crippen molar-refractivity contribution in [3.63, 3.8) is 0 Å². The number of hydrogen-bond donors (Lipinski definition) is 0. The number of thiazole rings is 1. The van der Waals surface area contributed by atoms with Crippen LogP contribution in [0.1, 0.15) is 43.9 Å².